The molecule has 4 N–H and O–H groups in total. The number of nitrogens with one attached hydrogen (secondary N) is 2. The number of hydrogen-bond donors (Lipinski definition) is 4. The lowest BCUT2D eigenvalue weighted by molar-refractivity contribution is -0.171. The van der Waals surface area contributed by atoms with E-state index in [0.717, 1.165) is 30.4 Å². The molecule has 0 aliphatic heterocycles. The number of imidazole rings is 1. The molecule has 5 rings (SSSR count). The van der Waals surface area contributed by atoms with Crippen LogP contribution >= 0.6 is 11.6 Å². The van der Waals surface area contributed by atoms with Crippen LogP contribution in [0, 0.1) is 5.41 Å². The molecule has 9 nitrogen and oxygen atoms in total. The van der Waals surface area contributed by atoms with Crippen LogP contribution < -0.4 is 10.1 Å². The topological polar surface area (TPSA) is 137 Å². The van der Waals surface area contributed by atoms with E-state index in [1.54, 1.807) is 26.8 Å². The van der Waals surface area contributed by atoms with Crippen molar-refractivity contribution in [2.75, 3.05) is 0 Å². The first-order chi connectivity index (χ1) is 18.9. The van der Waals surface area contributed by atoms with E-state index in [0.29, 0.717) is 53.6 Å². The van der Waals surface area contributed by atoms with Gasteiger partial charge in [-0.25, -0.2) is 4.98 Å². The smallest absolute Gasteiger partial charge is 0.312 e. The van der Waals surface area contributed by atoms with E-state index in [1.165, 1.54) is 5.57 Å². The van der Waals surface area contributed by atoms with E-state index in [9.17, 15) is 19.8 Å². The number of aliphatic hydroxyl groups is 1. The fraction of sp³-hybridized carbons (Fsp3) is 0.467. The summed E-state index contributed by atoms with van der Waals surface area (Å²) in [5.41, 5.74) is 2.53. The van der Waals surface area contributed by atoms with Gasteiger partial charge in [0, 0.05) is 18.5 Å². The van der Waals surface area contributed by atoms with Crippen molar-refractivity contribution < 1.29 is 24.5 Å². The predicted molar refractivity (Wildman–Crippen MR) is 153 cm³/mol. The predicted octanol–water partition coefficient (Wildman–Crippen LogP) is 5.51. The number of aliphatic carboxylic acids is 1. The van der Waals surface area contributed by atoms with Gasteiger partial charge in [0.2, 0.25) is 5.91 Å². The Bertz CT molecular complexity index is 1450. The molecule has 1 atom stereocenters. The first kappa shape index (κ1) is 28.1. The minimum Gasteiger partial charge on any atom is -0.481 e. The van der Waals surface area contributed by atoms with Crippen LogP contribution in [0.4, 0.5) is 0 Å². The molecule has 0 bridgehead atoms. The van der Waals surface area contributed by atoms with Gasteiger partial charge < -0.3 is 25.3 Å². The fourth-order valence-electron chi connectivity index (χ4n) is 5.68. The number of H-pyrrole nitrogens is 1. The Kier molecular flexibility index (Phi) is 7.63. The fourth-order valence-corrected chi connectivity index (χ4v) is 5.94. The molecule has 3 aromatic rings. The Morgan fingerprint density at radius 1 is 1.12 bits per heavy atom. The normalized spacial score (nSPS) is 23.5. The van der Waals surface area contributed by atoms with Gasteiger partial charge in [0.15, 0.2) is 5.65 Å². The second-order valence-electron chi connectivity index (χ2n) is 11.5. The molecule has 1 aromatic carbocycles. The van der Waals surface area contributed by atoms with Crippen LogP contribution in [0.2, 0.25) is 5.02 Å². The third-order valence-electron chi connectivity index (χ3n) is 8.49. The first-order valence-electron chi connectivity index (χ1n) is 13.7. The summed E-state index contributed by atoms with van der Waals surface area (Å²) in [4.78, 5) is 35.3. The number of carbonyl (C=O) groups excluding carboxylic acids is 1. The Balaban J connectivity index is 1.27. The van der Waals surface area contributed by atoms with E-state index in [2.05, 4.69) is 33.5 Å². The molecule has 1 amide bonds. The van der Waals surface area contributed by atoms with Gasteiger partial charge in [0.1, 0.15) is 6.10 Å². The number of carboxylic acids is 1. The van der Waals surface area contributed by atoms with Crippen LogP contribution in [-0.2, 0) is 9.59 Å². The number of carbonyl (C=O) groups is 2. The standard InChI is InChI=1S/C30H35ClN4O5/c1-17(36)32-21-10-8-19(9-11-21)18-4-6-20(7-5-18)25-23(31)16-24-26(34-25)35-28(33-24)40-22-12-14-30(39,15-13-22)29(2,3)27(37)38/h4-8,16,21-22,39H,9-15H2,1-3H3,(H,32,36)(H,37,38)(H,33,34,35). The maximum Gasteiger partial charge on any atom is 0.312 e. The third-order valence-corrected chi connectivity index (χ3v) is 8.78. The number of pyridine rings is 1. The van der Waals surface area contributed by atoms with Gasteiger partial charge >= 0.3 is 5.97 Å². The minimum absolute atomic E-state index is 0.00647. The molecule has 0 radical (unpaired) electrons. The number of benzene rings is 1. The number of allylic oxidation sites excluding steroid dienone is 1. The van der Waals surface area contributed by atoms with Gasteiger partial charge in [0.25, 0.3) is 6.01 Å². The lowest BCUT2D eigenvalue weighted by Gasteiger charge is -2.44. The van der Waals surface area contributed by atoms with E-state index in [-0.39, 0.29) is 18.1 Å². The highest BCUT2D eigenvalue weighted by atomic mass is 35.5. The molecule has 2 aliphatic carbocycles. The Hall–Kier alpha value is -3.43. The molecule has 212 valence electrons. The number of nitrogens with zero attached hydrogens (tertiary/aromatic N) is 2. The number of rotatable bonds is 7. The van der Waals surface area contributed by atoms with E-state index >= 15 is 0 Å². The van der Waals surface area contributed by atoms with Crippen molar-refractivity contribution in [3.8, 4) is 17.3 Å². The quantitative estimate of drug-likeness (QED) is 0.296. The molecule has 2 aromatic heterocycles. The summed E-state index contributed by atoms with van der Waals surface area (Å²) in [5.74, 6) is -1.00. The summed E-state index contributed by atoms with van der Waals surface area (Å²) >= 11 is 6.61. The van der Waals surface area contributed by atoms with Gasteiger partial charge in [-0.1, -0.05) is 41.9 Å². The molecule has 40 heavy (non-hydrogen) atoms. The van der Waals surface area contributed by atoms with Gasteiger partial charge in [-0.05, 0) is 76.0 Å². The molecule has 1 saturated carbocycles. The van der Waals surface area contributed by atoms with Crippen LogP contribution in [-0.4, -0.2) is 54.8 Å². The Labute approximate surface area is 238 Å². The second-order valence-corrected chi connectivity index (χ2v) is 11.9. The number of hydrogen-bond acceptors (Lipinski definition) is 6. The zero-order valence-electron chi connectivity index (χ0n) is 23.0. The molecule has 2 aliphatic rings. The molecule has 1 unspecified atom stereocenters. The van der Waals surface area contributed by atoms with Crippen molar-refractivity contribution in [1.29, 1.82) is 0 Å². The summed E-state index contributed by atoms with van der Waals surface area (Å²) in [5, 5.41) is 24.0. The number of fused-ring (bicyclic) bond motifs is 1. The molecular formula is C30H35ClN4O5. The molecule has 1 fully saturated rings. The summed E-state index contributed by atoms with van der Waals surface area (Å²) in [6.45, 7) is 4.68. The highest BCUT2D eigenvalue weighted by Gasteiger charge is 2.50. The number of carboxylic acid groups (broad SMARTS) is 1. The maximum absolute atomic E-state index is 11.6. The van der Waals surface area contributed by atoms with Crippen LogP contribution in [0.5, 0.6) is 6.01 Å². The van der Waals surface area contributed by atoms with Crippen LogP contribution in [0.3, 0.4) is 0 Å². The van der Waals surface area contributed by atoms with Gasteiger partial charge in [-0.2, -0.15) is 4.98 Å². The number of ether oxygens (including phenoxy) is 1. The summed E-state index contributed by atoms with van der Waals surface area (Å²) < 4.78 is 6.07. The van der Waals surface area contributed by atoms with Crippen molar-refractivity contribution in [2.45, 2.75) is 83.5 Å². The second kappa shape index (κ2) is 10.9. The monoisotopic (exact) mass is 566 g/mol. The first-order valence-corrected chi connectivity index (χ1v) is 14.1. The van der Waals surface area contributed by atoms with E-state index in [4.69, 9.17) is 21.3 Å². The van der Waals surface area contributed by atoms with Crippen LogP contribution in [0.25, 0.3) is 28.0 Å². The Morgan fingerprint density at radius 3 is 2.40 bits per heavy atom. The van der Waals surface area contributed by atoms with Crippen molar-refractivity contribution in [3.63, 3.8) is 0 Å². The third kappa shape index (κ3) is 5.58. The molecule has 2 heterocycles. The summed E-state index contributed by atoms with van der Waals surface area (Å²) in [6.07, 6.45) is 6.33. The number of aromatic nitrogens is 3. The van der Waals surface area contributed by atoms with Crippen molar-refractivity contribution >= 4 is 40.2 Å². The molecule has 0 saturated heterocycles. The van der Waals surface area contributed by atoms with Crippen molar-refractivity contribution in [3.05, 3.63) is 47.0 Å². The zero-order chi connectivity index (χ0) is 28.7. The lowest BCUT2D eigenvalue weighted by Crippen LogP contribution is -2.52. The largest absolute Gasteiger partial charge is 0.481 e. The SMILES string of the molecule is CC(=O)NC1CC=C(c2ccc(-c3nc4nc(OC5CCC(O)(C(C)(C)C(=O)O)CC5)[nH]c4cc3Cl)cc2)CC1. The van der Waals surface area contributed by atoms with Gasteiger partial charge in [0.05, 0.1) is 27.2 Å². The molecule has 0 spiro atoms. The van der Waals surface area contributed by atoms with Crippen molar-refractivity contribution in [2.24, 2.45) is 5.41 Å². The number of amides is 1. The number of aromatic amines is 1. The minimum atomic E-state index is -1.28. The van der Waals surface area contributed by atoms with Gasteiger partial charge in [-0.3, -0.25) is 9.59 Å². The molecular weight excluding hydrogens is 532 g/mol. The Morgan fingerprint density at radius 2 is 1.80 bits per heavy atom. The maximum atomic E-state index is 11.6. The van der Waals surface area contributed by atoms with Gasteiger partial charge in [-0.15, -0.1) is 0 Å². The van der Waals surface area contributed by atoms with E-state index < -0.39 is 17.0 Å². The number of halogens is 1. The highest BCUT2D eigenvalue weighted by Crippen LogP contribution is 2.43. The average molecular weight is 567 g/mol. The van der Waals surface area contributed by atoms with Crippen LogP contribution in [0.15, 0.2) is 36.4 Å². The zero-order valence-corrected chi connectivity index (χ0v) is 23.7. The van der Waals surface area contributed by atoms with Crippen LogP contribution in [0.1, 0.15) is 71.3 Å². The summed E-state index contributed by atoms with van der Waals surface area (Å²) in [6, 6.07) is 10.4. The average Bonchev–Trinajstić information content (AvgIpc) is 3.30. The summed E-state index contributed by atoms with van der Waals surface area (Å²) in [7, 11) is 0. The van der Waals surface area contributed by atoms with E-state index in [1.807, 2.05) is 12.1 Å². The highest BCUT2D eigenvalue weighted by molar-refractivity contribution is 6.33. The molecule has 10 heteroatoms. The lowest BCUT2D eigenvalue weighted by atomic mass is 9.66. The van der Waals surface area contributed by atoms with Crippen molar-refractivity contribution in [1.82, 2.24) is 20.3 Å².